The van der Waals surface area contributed by atoms with Gasteiger partial charge in [0.1, 0.15) is 6.04 Å². The molecule has 1 aromatic carbocycles. The van der Waals surface area contributed by atoms with E-state index in [0.717, 1.165) is 18.5 Å². The lowest BCUT2D eigenvalue weighted by atomic mass is 9.71. The van der Waals surface area contributed by atoms with E-state index in [1.807, 2.05) is 6.92 Å². The predicted molar refractivity (Wildman–Crippen MR) is 118 cm³/mol. The number of carbonyl (C=O) groups is 2. The molecule has 1 fully saturated rings. The smallest absolute Gasteiger partial charge is 0.323 e. The maximum atomic E-state index is 13.4. The summed E-state index contributed by atoms with van der Waals surface area (Å²) in [6.45, 7) is 2.59. The minimum absolute atomic E-state index is 0.0342. The predicted octanol–water partition coefficient (Wildman–Crippen LogP) is 2.60. The van der Waals surface area contributed by atoms with E-state index in [2.05, 4.69) is 10.0 Å². The van der Waals surface area contributed by atoms with Crippen molar-refractivity contribution in [2.75, 3.05) is 13.7 Å². The minimum atomic E-state index is -4.01. The van der Waals surface area contributed by atoms with Crippen molar-refractivity contribution in [1.82, 2.24) is 10.0 Å². The summed E-state index contributed by atoms with van der Waals surface area (Å²) in [5.74, 6) is -0.832. The summed E-state index contributed by atoms with van der Waals surface area (Å²) in [4.78, 5) is 26.0. The van der Waals surface area contributed by atoms with Crippen molar-refractivity contribution < 1.29 is 22.7 Å². The standard InChI is InChI=1S/C22H27ClN2O5S/c1-15-5-7-17(8-6-15)31(28,29)25-19(21(27)30-2)14-22(11-9-16(23)10-12-22)20(26)18-4-3-13-24-18/h5-11,18-19,24-25H,3-4,12-14H2,1-2H3/t18-,19-,22?/m0/s1. The summed E-state index contributed by atoms with van der Waals surface area (Å²) < 4.78 is 33.2. The van der Waals surface area contributed by atoms with E-state index in [9.17, 15) is 18.0 Å². The Labute approximate surface area is 187 Å². The van der Waals surface area contributed by atoms with Gasteiger partial charge in [-0.25, -0.2) is 8.42 Å². The van der Waals surface area contributed by atoms with Crippen LogP contribution in [-0.2, 0) is 24.3 Å². The molecule has 1 aliphatic heterocycles. The van der Waals surface area contributed by atoms with Crippen LogP contribution in [0.2, 0.25) is 0 Å². The average molecular weight is 467 g/mol. The largest absolute Gasteiger partial charge is 0.468 e. The van der Waals surface area contributed by atoms with E-state index < -0.39 is 27.4 Å². The number of nitrogens with one attached hydrogen (secondary N) is 2. The number of benzene rings is 1. The van der Waals surface area contributed by atoms with Crippen molar-refractivity contribution in [2.24, 2.45) is 5.41 Å². The van der Waals surface area contributed by atoms with Gasteiger partial charge in [0.15, 0.2) is 5.78 Å². The summed E-state index contributed by atoms with van der Waals surface area (Å²) in [5.41, 5.74) is -0.164. The molecule has 0 aromatic heterocycles. The number of aryl methyl sites for hydroxylation is 1. The number of methoxy groups -OCH3 is 1. The molecular formula is C22H27ClN2O5S. The van der Waals surface area contributed by atoms with Crippen molar-refractivity contribution in [3.63, 3.8) is 0 Å². The van der Waals surface area contributed by atoms with Crippen LogP contribution < -0.4 is 10.0 Å². The van der Waals surface area contributed by atoms with Gasteiger partial charge < -0.3 is 10.1 Å². The Bertz CT molecular complexity index is 997. The molecule has 168 valence electrons. The van der Waals surface area contributed by atoms with Gasteiger partial charge in [-0.2, -0.15) is 4.72 Å². The molecule has 1 saturated heterocycles. The quantitative estimate of drug-likeness (QED) is 0.571. The van der Waals surface area contributed by atoms with Crippen molar-refractivity contribution in [1.29, 1.82) is 0 Å². The highest BCUT2D eigenvalue weighted by molar-refractivity contribution is 7.89. The molecule has 9 heteroatoms. The molecule has 1 heterocycles. The first-order valence-corrected chi connectivity index (χ1v) is 12.0. The molecule has 0 spiro atoms. The topological polar surface area (TPSA) is 102 Å². The molecule has 2 aliphatic rings. The van der Waals surface area contributed by atoms with E-state index >= 15 is 0 Å². The lowest BCUT2D eigenvalue weighted by Gasteiger charge is -2.35. The van der Waals surface area contributed by atoms with E-state index in [1.165, 1.54) is 19.2 Å². The molecule has 0 radical (unpaired) electrons. The number of hydrogen-bond donors (Lipinski definition) is 2. The Balaban J connectivity index is 1.91. The van der Waals surface area contributed by atoms with E-state index in [0.29, 0.717) is 11.5 Å². The molecule has 0 amide bonds. The van der Waals surface area contributed by atoms with Crippen LogP contribution in [0.3, 0.4) is 0 Å². The third-order valence-corrected chi connectivity index (χ3v) is 7.54. The monoisotopic (exact) mass is 466 g/mol. The van der Waals surface area contributed by atoms with Crippen LogP contribution in [0.15, 0.2) is 52.4 Å². The van der Waals surface area contributed by atoms with Crippen LogP contribution in [0.1, 0.15) is 31.2 Å². The van der Waals surface area contributed by atoms with E-state index in [4.69, 9.17) is 16.3 Å². The Morgan fingerprint density at radius 3 is 2.58 bits per heavy atom. The number of carbonyl (C=O) groups excluding carboxylic acids is 2. The number of Topliss-reactive ketones (excluding diaryl/α,β-unsaturated/α-hetero) is 1. The average Bonchev–Trinajstić information content (AvgIpc) is 3.29. The molecule has 7 nitrogen and oxygen atoms in total. The molecule has 0 saturated carbocycles. The van der Waals surface area contributed by atoms with Gasteiger partial charge in [-0.3, -0.25) is 9.59 Å². The summed E-state index contributed by atoms with van der Waals surface area (Å²) in [6, 6.07) is 4.71. The molecule has 2 N–H and O–H groups in total. The van der Waals surface area contributed by atoms with Crippen molar-refractivity contribution in [3.8, 4) is 0 Å². The number of esters is 1. The normalized spacial score (nSPS) is 24.5. The fourth-order valence-electron chi connectivity index (χ4n) is 4.00. The number of halogens is 1. The fraction of sp³-hybridized carbons (Fsp3) is 0.455. The molecule has 1 unspecified atom stereocenters. The van der Waals surface area contributed by atoms with E-state index in [1.54, 1.807) is 30.4 Å². The summed E-state index contributed by atoms with van der Waals surface area (Å²) in [5, 5.41) is 3.69. The molecular weight excluding hydrogens is 440 g/mol. The van der Waals surface area contributed by atoms with Crippen LogP contribution in [0.5, 0.6) is 0 Å². The van der Waals surface area contributed by atoms with Crippen LogP contribution in [0.4, 0.5) is 0 Å². The van der Waals surface area contributed by atoms with Gasteiger partial charge in [0, 0.05) is 5.03 Å². The molecule has 0 bridgehead atoms. The zero-order chi connectivity index (χ0) is 22.6. The van der Waals surface area contributed by atoms with Crippen LogP contribution in [-0.4, -0.2) is 45.9 Å². The first kappa shape index (κ1) is 23.7. The highest BCUT2D eigenvalue weighted by atomic mass is 35.5. The van der Waals surface area contributed by atoms with Crippen LogP contribution >= 0.6 is 11.6 Å². The van der Waals surface area contributed by atoms with Crippen LogP contribution in [0, 0.1) is 12.3 Å². The molecule has 3 rings (SSSR count). The lowest BCUT2D eigenvalue weighted by Crippen LogP contribution is -2.50. The number of allylic oxidation sites excluding steroid dienone is 4. The highest BCUT2D eigenvalue weighted by Crippen LogP contribution is 2.39. The van der Waals surface area contributed by atoms with Gasteiger partial charge in [-0.15, -0.1) is 0 Å². The Morgan fingerprint density at radius 1 is 1.32 bits per heavy atom. The number of rotatable bonds is 8. The molecule has 31 heavy (non-hydrogen) atoms. The lowest BCUT2D eigenvalue weighted by molar-refractivity contribution is -0.144. The number of ether oxygens (including phenoxy) is 1. The zero-order valence-electron chi connectivity index (χ0n) is 17.6. The highest BCUT2D eigenvalue weighted by Gasteiger charge is 2.45. The van der Waals surface area contributed by atoms with Gasteiger partial charge in [0.25, 0.3) is 0 Å². The van der Waals surface area contributed by atoms with Gasteiger partial charge in [-0.05, 0) is 57.4 Å². The third kappa shape index (κ3) is 5.44. The fourth-order valence-corrected chi connectivity index (χ4v) is 5.32. The zero-order valence-corrected chi connectivity index (χ0v) is 19.1. The van der Waals surface area contributed by atoms with Crippen LogP contribution in [0.25, 0.3) is 0 Å². The first-order valence-electron chi connectivity index (χ1n) is 10.2. The summed E-state index contributed by atoms with van der Waals surface area (Å²) >= 11 is 6.08. The Hall–Kier alpha value is -2.00. The van der Waals surface area contributed by atoms with Gasteiger partial charge in [0.2, 0.25) is 10.0 Å². The maximum absolute atomic E-state index is 13.4. The Kier molecular flexibility index (Phi) is 7.36. The molecule has 3 atom stereocenters. The SMILES string of the molecule is COC(=O)[C@H](CC1(C(=O)[C@@H]2CCCN2)C=CC(Cl)=CC1)NS(=O)(=O)c1ccc(C)cc1. The van der Waals surface area contributed by atoms with Gasteiger partial charge in [0.05, 0.1) is 23.5 Å². The van der Waals surface area contributed by atoms with Crippen molar-refractivity contribution >= 4 is 33.4 Å². The molecule has 1 aliphatic carbocycles. The Morgan fingerprint density at radius 2 is 2.03 bits per heavy atom. The second kappa shape index (κ2) is 9.65. The summed E-state index contributed by atoms with van der Waals surface area (Å²) in [7, 11) is -2.82. The maximum Gasteiger partial charge on any atom is 0.323 e. The summed E-state index contributed by atoms with van der Waals surface area (Å²) in [6.07, 6.45) is 6.82. The third-order valence-electron chi connectivity index (χ3n) is 5.77. The number of ketones is 1. The van der Waals surface area contributed by atoms with Gasteiger partial charge >= 0.3 is 5.97 Å². The number of sulfonamides is 1. The second-order valence-corrected chi connectivity index (χ2v) is 10.2. The molecule has 1 aromatic rings. The van der Waals surface area contributed by atoms with Crippen molar-refractivity contribution in [2.45, 2.75) is 49.6 Å². The minimum Gasteiger partial charge on any atom is -0.468 e. The first-order chi connectivity index (χ1) is 14.7. The number of hydrogen-bond acceptors (Lipinski definition) is 6. The van der Waals surface area contributed by atoms with Crippen molar-refractivity contribution in [3.05, 3.63) is 53.1 Å². The van der Waals surface area contributed by atoms with Gasteiger partial charge in [-0.1, -0.05) is 41.4 Å². The van der Waals surface area contributed by atoms with E-state index in [-0.39, 0.29) is 29.6 Å². The second-order valence-electron chi connectivity index (χ2n) is 8.01.